The Hall–Kier alpha value is -1.55. The first kappa shape index (κ1) is 12.9. The van der Waals surface area contributed by atoms with Crippen LogP contribution in [0.5, 0.6) is 5.75 Å². The summed E-state index contributed by atoms with van der Waals surface area (Å²) < 4.78 is 5.48. The first-order chi connectivity index (χ1) is 8.66. The number of likely N-dealkylation sites (N-methyl/N-ethyl adjacent to an activating group) is 1. The molecule has 0 saturated carbocycles. The molecule has 0 N–H and O–H groups in total. The van der Waals surface area contributed by atoms with Crippen LogP contribution in [0.15, 0.2) is 30.3 Å². The molecule has 1 amide bonds. The number of hydrogen-bond donors (Lipinski definition) is 0. The zero-order valence-electron chi connectivity index (χ0n) is 11.0. The molecule has 18 heavy (non-hydrogen) atoms. The summed E-state index contributed by atoms with van der Waals surface area (Å²) >= 11 is 0. The van der Waals surface area contributed by atoms with Crippen LogP contribution >= 0.6 is 0 Å². The van der Waals surface area contributed by atoms with Crippen molar-refractivity contribution in [1.82, 2.24) is 9.80 Å². The van der Waals surface area contributed by atoms with Crippen molar-refractivity contribution >= 4 is 5.91 Å². The number of benzene rings is 1. The molecule has 1 aliphatic rings. The van der Waals surface area contributed by atoms with Gasteiger partial charge in [-0.15, -0.1) is 0 Å². The van der Waals surface area contributed by atoms with Crippen molar-refractivity contribution in [1.29, 1.82) is 0 Å². The van der Waals surface area contributed by atoms with Crippen LogP contribution in [0.2, 0.25) is 0 Å². The molecule has 2 rings (SSSR count). The lowest BCUT2D eigenvalue weighted by Gasteiger charge is -2.37. The first-order valence-electron chi connectivity index (χ1n) is 6.32. The molecule has 4 heteroatoms. The molecule has 1 heterocycles. The first-order valence-corrected chi connectivity index (χ1v) is 6.32. The van der Waals surface area contributed by atoms with Crippen molar-refractivity contribution in [3.63, 3.8) is 0 Å². The highest BCUT2D eigenvalue weighted by atomic mass is 16.5. The van der Waals surface area contributed by atoms with Crippen LogP contribution in [0, 0.1) is 0 Å². The topological polar surface area (TPSA) is 32.8 Å². The molecule has 4 nitrogen and oxygen atoms in total. The molecule has 1 unspecified atom stereocenters. The van der Waals surface area contributed by atoms with E-state index in [0.717, 1.165) is 25.4 Å². The van der Waals surface area contributed by atoms with Crippen molar-refractivity contribution in [3.05, 3.63) is 30.3 Å². The minimum Gasteiger partial charge on any atom is -0.484 e. The highest BCUT2D eigenvalue weighted by Gasteiger charge is 2.24. The van der Waals surface area contributed by atoms with Gasteiger partial charge < -0.3 is 14.5 Å². The molecular weight excluding hydrogens is 228 g/mol. The number of para-hydroxylation sites is 1. The molecule has 1 atom stereocenters. The van der Waals surface area contributed by atoms with Gasteiger partial charge in [-0.3, -0.25) is 4.79 Å². The quantitative estimate of drug-likeness (QED) is 0.806. The lowest BCUT2D eigenvalue weighted by Crippen LogP contribution is -2.53. The Morgan fingerprint density at radius 1 is 1.33 bits per heavy atom. The summed E-state index contributed by atoms with van der Waals surface area (Å²) in [5.41, 5.74) is 0. The fourth-order valence-corrected chi connectivity index (χ4v) is 2.03. The van der Waals surface area contributed by atoms with Gasteiger partial charge >= 0.3 is 0 Å². The maximum Gasteiger partial charge on any atom is 0.260 e. The maximum absolute atomic E-state index is 12.0. The Labute approximate surface area is 108 Å². The number of carbonyl (C=O) groups is 1. The van der Waals surface area contributed by atoms with E-state index in [0.29, 0.717) is 6.04 Å². The van der Waals surface area contributed by atoms with Crippen molar-refractivity contribution in [2.24, 2.45) is 0 Å². The molecule has 1 aromatic carbocycles. The average molecular weight is 248 g/mol. The van der Waals surface area contributed by atoms with Gasteiger partial charge in [-0.2, -0.15) is 0 Å². The number of piperazine rings is 1. The largest absolute Gasteiger partial charge is 0.484 e. The van der Waals surface area contributed by atoms with Gasteiger partial charge in [0.2, 0.25) is 0 Å². The highest BCUT2D eigenvalue weighted by Crippen LogP contribution is 2.10. The van der Waals surface area contributed by atoms with Gasteiger partial charge in [0, 0.05) is 25.7 Å². The monoisotopic (exact) mass is 248 g/mol. The standard InChI is InChI=1S/C14H20N2O2/c1-12-10-16(9-8-15(12)2)14(17)11-18-13-6-4-3-5-7-13/h3-7,12H,8-11H2,1-2H3. The number of carbonyl (C=O) groups excluding carboxylic acids is 1. The molecule has 1 saturated heterocycles. The van der Waals surface area contributed by atoms with Gasteiger partial charge in [-0.1, -0.05) is 18.2 Å². The van der Waals surface area contributed by atoms with E-state index in [2.05, 4.69) is 18.9 Å². The highest BCUT2D eigenvalue weighted by molar-refractivity contribution is 5.78. The van der Waals surface area contributed by atoms with Crippen LogP contribution in [-0.4, -0.2) is 55.0 Å². The van der Waals surface area contributed by atoms with E-state index in [9.17, 15) is 4.79 Å². The van der Waals surface area contributed by atoms with Crippen LogP contribution in [0.4, 0.5) is 0 Å². The molecule has 1 aromatic rings. The van der Waals surface area contributed by atoms with Crippen LogP contribution in [-0.2, 0) is 4.79 Å². The smallest absolute Gasteiger partial charge is 0.260 e. The van der Waals surface area contributed by atoms with E-state index in [1.807, 2.05) is 35.2 Å². The van der Waals surface area contributed by atoms with Crippen molar-refractivity contribution in [2.45, 2.75) is 13.0 Å². The van der Waals surface area contributed by atoms with E-state index < -0.39 is 0 Å². The summed E-state index contributed by atoms with van der Waals surface area (Å²) in [6.07, 6.45) is 0. The third-order valence-corrected chi connectivity index (χ3v) is 3.42. The minimum atomic E-state index is 0.0683. The third-order valence-electron chi connectivity index (χ3n) is 3.42. The molecule has 1 aliphatic heterocycles. The molecule has 0 bridgehead atoms. The van der Waals surface area contributed by atoms with Gasteiger partial charge in [-0.05, 0) is 26.1 Å². The van der Waals surface area contributed by atoms with Crippen molar-refractivity contribution in [2.75, 3.05) is 33.3 Å². The lowest BCUT2D eigenvalue weighted by molar-refractivity contribution is -0.135. The van der Waals surface area contributed by atoms with E-state index in [1.54, 1.807) is 0 Å². The van der Waals surface area contributed by atoms with Gasteiger partial charge in [0.1, 0.15) is 5.75 Å². The second-order valence-electron chi connectivity index (χ2n) is 4.77. The van der Waals surface area contributed by atoms with Crippen LogP contribution in [0.25, 0.3) is 0 Å². The molecule has 98 valence electrons. The van der Waals surface area contributed by atoms with Gasteiger partial charge in [0.25, 0.3) is 5.91 Å². The Kier molecular flexibility index (Phi) is 4.20. The van der Waals surface area contributed by atoms with Gasteiger partial charge in [0.05, 0.1) is 0 Å². The molecule has 0 radical (unpaired) electrons. The number of amides is 1. The summed E-state index contributed by atoms with van der Waals surface area (Å²) in [6.45, 7) is 4.77. The average Bonchev–Trinajstić information content (AvgIpc) is 2.40. The lowest BCUT2D eigenvalue weighted by atomic mass is 10.2. The Morgan fingerprint density at radius 3 is 2.72 bits per heavy atom. The predicted octanol–water partition coefficient (Wildman–Crippen LogP) is 1.23. The normalized spacial score (nSPS) is 20.8. The Balaban J connectivity index is 1.82. The van der Waals surface area contributed by atoms with Crippen molar-refractivity contribution in [3.8, 4) is 5.75 Å². The van der Waals surface area contributed by atoms with Gasteiger partial charge in [0.15, 0.2) is 6.61 Å². The summed E-state index contributed by atoms with van der Waals surface area (Å²) in [6, 6.07) is 9.87. The number of nitrogens with zero attached hydrogens (tertiary/aromatic N) is 2. The second-order valence-corrected chi connectivity index (χ2v) is 4.77. The zero-order valence-corrected chi connectivity index (χ0v) is 11.0. The van der Waals surface area contributed by atoms with Crippen LogP contribution in [0.3, 0.4) is 0 Å². The Morgan fingerprint density at radius 2 is 2.06 bits per heavy atom. The number of ether oxygens (including phenoxy) is 1. The fourth-order valence-electron chi connectivity index (χ4n) is 2.03. The molecule has 0 spiro atoms. The molecular formula is C14H20N2O2. The van der Waals surface area contributed by atoms with Crippen molar-refractivity contribution < 1.29 is 9.53 Å². The third kappa shape index (κ3) is 3.23. The van der Waals surface area contributed by atoms with Crippen LogP contribution in [0.1, 0.15) is 6.92 Å². The molecule has 0 aromatic heterocycles. The number of rotatable bonds is 3. The maximum atomic E-state index is 12.0. The summed E-state index contributed by atoms with van der Waals surface area (Å²) in [5.74, 6) is 0.812. The van der Waals surface area contributed by atoms with E-state index in [4.69, 9.17) is 4.74 Å². The molecule has 0 aliphatic carbocycles. The van der Waals surface area contributed by atoms with Crippen LogP contribution < -0.4 is 4.74 Å². The summed E-state index contributed by atoms with van der Waals surface area (Å²) in [5, 5.41) is 0. The van der Waals surface area contributed by atoms with E-state index >= 15 is 0 Å². The van der Waals surface area contributed by atoms with E-state index in [-0.39, 0.29) is 12.5 Å². The number of hydrogen-bond acceptors (Lipinski definition) is 3. The SMILES string of the molecule is CC1CN(C(=O)COc2ccccc2)CCN1C. The Bertz CT molecular complexity index is 394. The summed E-state index contributed by atoms with van der Waals surface area (Å²) in [7, 11) is 2.09. The second kappa shape index (κ2) is 5.87. The zero-order chi connectivity index (χ0) is 13.0. The molecule has 1 fully saturated rings. The van der Waals surface area contributed by atoms with Gasteiger partial charge in [-0.25, -0.2) is 0 Å². The van der Waals surface area contributed by atoms with E-state index in [1.165, 1.54) is 0 Å². The fraction of sp³-hybridized carbons (Fsp3) is 0.500. The summed E-state index contributed by atoms with van der Waals surface area (Å²) in [4.78, 5) is 16.2. The predicted molar refractivity (Wildman–Crippen MR) is 70.6 cm³/mol. The minimum absolute atomic E-state index is 0.0683.